The Balaban J connectivity index is 3.69. The second kappa shape index (κ2) is 22.8. The van der Waals surface area contributed by atoms with Crippen LogP contribution in [0.4, 0.5) is 0 Å². The van der Waals surface area contributed by atoms with E-state index in [0.29, 0.717) is 6.42 Å². The Bertz CT molecular complexity index is 398. The summed E-state index contributed by atoms with van der Waals surface area (Å²) in [6.07, 6.45) is 24.4. The number of nitrogens with one attached hydrogen (secondary N) is 1. The predicted molar refractivity (Wildman–Crippen MR) is 129 cm³/mol. The number of rotatable bonds is 22. The van der Waals surface area contributed by atoms with Crippen molar-refractivity contribution in [3.63, 3.8) is 0 Å². The van der Waals surface area contributed by atoms with Crippen molar-refractivity contribution < 1.29 is 15.0 Å². The summed E-state index contributed by atoms with van der Waals surface area (Å²) < 4.78 is 0. The highest BCUT2D eigenvalue weighted by Gasteiger charge is 2.17. The first-order valence-corrected chi connectivity index (χ1v) is 12.9. The fourth-order valence-electron chi connectivity index (χ4n) is 3.70. The molecule has 0 aliphatic carbocycles. The molecule has 0 aromatic rings. The van der Waals surface area contributed by atoms with Crippen LogP contribution in [0.5, 0.6) is 0 Å². The van der Waals surface area contributed by atoms with E-state index in [0.717, 1.165) is 32.1 Å². The first-order valence-electron chi connectivity index (χ1n) is 12.9. The maximum atomic E-state index is 12.0. The molecule has 0 bridgehead atoms. The maximum Gasteiger partial charge on any atom is 0.220 e. The van der Waals surface area contributed by atoms with E-state index in [1.807, 2.05) is 6.08 Å². The molecular formula is C26H51NO3. The van der Waals surface area contributed by atoms with Crippen molar-refractivity contribution in [1.82, 2.24) is 5.32 Å². The molecule has 0 saturated carbocycles. The van der Waals surface area contributed by atoms with Crippen LogP contribution in [-0.2, 0) is 4.79 Å². The molecule has 0 aromatic heterocycles. The quantitative estimate of drug-likeness (QED) is 0.138. The lowest BCUT2D eigenvalue weighted by Gasteiger charge is -2.20. The van der Waals surface area contributed by atoms with Gasteiger partial charge in [0.25, 0.3) is 0 Å². The van der Waals surface area contributed by atoms with Gasteiger partial charge in [0.2, 0.25) is 5.91 Å². The van der Waals surface area contributed by atoms with E-state index in [9.17, 15) is 15.0 Å². The van der Waals surface area contributed by atoms with E-state index in [1.165, 1.54) is 77.0 Å². The minimum Gasteiger partial charge on any atom is -0.394 e. The van der Waals surface area contributed by atoms with Crippen LogP contribution in [0.25, 0.3) is 0 Å². The monoisotopic (exact) mass is 425 g/mol. The first kappa shape index (κ1) is 29.1. The Kier molecular flexibility index (Phi) is 22.1. The normalized spacial score (nSPS) is 13.6. The van der Waals surface area contributed by atoms with Crippen molar-refractivity contribution in [3.05, 3.63) is 12.2 Å². The molecule has 0 radical (unpaired) electrons. The molecule has 30 heavy (non-hydrogen) atoms. The van der Waals surface area contributed by atoms with Gasteiger partial charge in [0.1, 0.15) is 0 Å². The average Bonchev–Trinajstić information content (AvgIpc) is 2.75. The number of aliphatic hydroxyl groups excluding tert-OH is 2. The third kappa shape index (κ3) is 19.1. The Morgan fingerprint density at radius 1 is 0.767 bits per heavy atom. The largest absolute Gasteiger partial charge is 0.394 e. The van der Waals surface area contributed by atoms with Crippen LogP contribution in [0.1, 0.15) is 129 Å². The molecule has 4 heteroatoms. The molecule has 0 aliphatic heterocycles. The van der Waals surface area contributed by atoms with Crippen molar-refractivity contribution in [2.45, 2.75) is 142 Å². The van der Waals surface area contributed by atoms with Crippen molar-refractivity contribution in [1.29, 1.82) is 0 Å². The summed E-state index contributed by atoms with van der Waals surface area (Å²) >= 11 is 0. The zero-order valence-electron chi connectivity index (χ0n) is 20.0. The van der Waals surface area contributed by atoms with Crippen molar-refractivity contribution in [2.24, 2.45) is 0 Å². The lowest BCUT2D eigenvalue weighted by atomic mass is 10.0. The molecule has 4 nitrogen and oxygen atoms in total. The fraction of sp³-hybridized carbons (Fsp3) is 0.885. The van der Waals surface area contributed by atoms with Gasteiger partial charge >= 0.3 is 0 Å². The lowest BCUT2D eigenvalue weighted by Crippen LogP contribution is -2.45. The lowest BCUT2D eigenvalue weighted by molar-refractivity contribution is -0.123. The SMILES string of the molecule is CCCCCCCCCCCCC/C=C/[C@@H](O)C(CO)NC(=O)CCCCCCC. The molecule has 2 atom stereocenters. The van der Waals surface area contributed by atoms with Gasteiger partial charge in [-0.05, 0) is 19.3 Å². The predicted octanol–water partition coefficient (Wildman–Crippen LogP) is 6.44. The van der Waals surface area contributed by atoms with Crippen LogP contribution in [0, 0.1) is 0 Å². The van der Waals surface area contributed by atoms with E-state index < -0.39 is 12.1 Å². The van der Waals surface area contributed by atoms with Gasteiger partial charge in [0, 0.05) is 6.42 Å². The summed E-state index contributed by atoms with van der Waals surface area (Å²) in [5.41, 5.74) is 0. The van der Waals surface area contributed by atoms with E-state index in [4.69, 9.17) is 0 Å². The number of carbonyl (C=O) groups excluding carboxylic acids is 1. The Hall–Kier alpha value is -0.870. The maximum absolute atomic E-state index is 12.0. The number of amides is 1. The second-order valence-corrected chi connectivity index (χ2v) is 8.76. The summed E-state index contributed by atoms with van der Waals surface area (Å²) in [5, 5.41) is 22.5. The van der Waals surface area contributed by atoms with Gasteiger partial charge in [-0.25, -0.2) is 0 Å². The fourth-order valence-corrected chi connectivity index (χ4v) is 3.70. The topological polar surface area (TPSA) is 69.6 Å². The number of allylic oxidation sites excluding steroid dienone is 1. The Labute approximate surface area is 186 Å². The van der Waals surface area contributed by atoms with Gasteiger partial charge in [0.15, 0.2) is 0 Å². The molecule has 3 N–H and O–H groups in total. The molecule has 0 aromatic carbocycles. The van der Waals surface area contributed by atoms with Crippen LogP contribution in [0.3, 0.4) is 0 Å². The standard InChI is InChI=1S/C26H51NO3/c1-3-5-7-9-10-11-12-13-14-15-16-18-19-21-25(29)24(23-28)27-26(30)22-20-17-8-6-4-2/h19,21,24-25,28-29H,3-18,20,22-23H2,1-2H3,(H,27,30)/b21-19+/t24?,25-/m1/s1. The smallest absolute Gasteiger partial charge is 0.220 e. The second-order valence-electron chi connectivity index (χ2n) is 8.76. The highest BCUT2D eigenvalue weighted by Crippen LogP contribution is 2.12. The van der Waals surface area contributed by atoms with E-state index in [1.54, 1.807) is 6.08 Å². The van der Waals surface area contributed by atoms with E-state index in [2.05, 4.69) is 19.2 Å². The molecule has 0 aliphatic rings. The van der Waals surface area contributed by atoms with Crippen molar-refractivity contribution >= 4 is 5.91 Å². The Morgan fingerprint density at radius 3 is 1.73 bits per heavy atom. The van der Waals surface area contributed by atoms with Crippen molar-refractivity contribution in [2.75, 3.05) is 6.61 Å². The average molecular weight is 426 g/mol. The summed E-state index contributed by atoms with van der Waals surface area (Å²) in [7, 11) is 0. The third-order valence-corrected chi connectivity index (χ3v) is 5.77. The summed E-state index contributed by atoms with van der Waals surface area (Å²) in [5.74, 6) is -0.0802. The van der Waals surface area contributed by atoms with Gasteiger partial charge in [-0.15, -0.1) is 0 Å². The van der Waals surface area contributed by atoms with Gasteiger partial charge in [-0.3, -0.25) is 4.79 Å². The van der Waals surface area contributed by atoms with Crippen LogP contribution < -0.4 is 5.32 Å². The minimum absolute atomic E-state index is 0.0802. The molecule has 178 valence electrons. The zero-order valence-corrected chi connectivity index (χ0v) is 20.0. The van der Waals surface area contributed by atoms with Crippen LogP contribution >= 0.6 is 0 Å². The van der Waals surface area contributed by atoms with Gasteiger partial charge in [-0.2, -0.15) is 0 Å². The summed E-state index contributed by atoms with van der Waals surface area (Å²) in [6.45, 7) is 4.19. The van der Waals surface area contributed by atoms with Crippen LogP contribution in [-0.4, -0.2) is 34.9 Å². The number of hydrogen-bond donors (Lipinski definition) is 3. The molecule has 0 rings (SSSR count). The van der Waals surface area contributed by atoms with Crippen LogP contribution in [0.15, 0.2) is 12.2 Å². The van der Waals surface area contributed by atoms with Gasteiger partial charge < -0.3 is 15.5 Å². The molecule has 1 amide bonds. The molecule has 0 heterocycles. The van der Waals surface area contributed by atoms with Crippen molar-refractivity contribution in [3.8, 4) is 0 Å². The molecule has 0 spiro atoms. The van der Waals surface area contributed by atoms with E-state index in [-0.39, 0.29) is 12.5 Å². The first-order chi connectivity index (χ1) is 14.7. The van der Waals surface area contributed by atoms with Crippen LogP contribution in [0.2, 0.25) is 0 Å². The van der Waals surface area contributed by atoms with E-state index >= 15 is 0 Å². The number of carbonyl (C=O) groups is 1. The minimum atomic E-state index is -0.827. The number of aliphatic hydroxyl groups is 2. The molecule has 0 fully saturated rings. The van der Waals surface area contributed by atoms with Gasteiger partial charge in [-0.1, -0.05) is 116 Å². The highest BCUT2D eigenvalue weighted by molar-refractivity contribution is 5.76. The zero-order chi connectivity index (χ0) is 22.3. The molecular weight excluding hydrogens is 374 g/mol. The summed E-state index contributed by atoms with van der Waals surface area (Å²) in [6, 6.07) is -0.610. The van der Waals surface area contributed by atoms with Gasteiger partial charge in [0.05, 0.1) is 18.8 Å². The molecule has 1 unspecified atom stereocenters. The highest BCUT2D eigenvalue weighted by atomic mass is 16.3. The number of hydrogen-bond acceptors (Lipinski definition) is 3. The molecule has 0 saturated heterocycles. The number of unbranched alkanes of at least 4 members (excludes halogenated alkanes) is 15. The summed E-state index contributed by atoms with van der Waals surface area (Å²) in [4.78, 5) is 12.0. The Morgan fingerprint density at radius 2 is 1.23 bits per heavy atom. The third-order valence-electron chi connectivity index (χ3n) is 5.77.